The number of para-hydroxylation sites is 2. The lowest BCUT2D eigenvalue weighted by Crippen LogP contribution is -2.25. The zero-order valence-corrected chi connectivity index (χ0v) is 16.0. The Kier molecular flexibility index (Phi) is 4.72. The van der Waals surface area contributed by atoms with Crippen LogP contribution in [-0.2, 0) is 4.79 Å². The lowest BCUT2D eigenvalue weighted by atomic mass is 9.87. The van der Waals surface area contributed by atoms with Gasteiger partial charge in [0.15, 0.2) is 11.5 Å². The molecule has 1 atom stereocenters. The summed E-state index contributed by atoms with van der Waals surface area (Å²) in [6.45, 7) is 0. The molecule has 148 valence electrons. The number of benzene rings is 2. The number of aromatic nitrogens is 1. The maximum atomic E-state index is 12.5. The molecule has 2 N–H and O–H groups in total. The minimum Gasteiger partial charge on any atom is -0.493 e. The number of hydrogen-bond donors (Lipinski definition) is 2. The molecule has 0 saturated carbocycles. The zero-order valence-electron chi connectivity index (χ0n) is 16.0. The first kappa shape index (κ1) is 18.6. The number of amides is 1. The van der Waals surface area contributed by atoms with Gasteiger partial charge in [-0.2, -0.15) is 0 Å². The number of rotatable bonds is 5. The smallest absolute Gasteiger partial charge is 0.339 e. The second-order valence-corrected chi connectivity index (χ2v) is 6.70. The Labute approximate surface area is 167 Å². The predicted octanol–water partition coefficient (Wildman–Crippen LogP) is 3.67. The lowest BCUT2D eigenvalue weighted by molar-refractivity contribution is -0.116. The van der Waals surface area contributed by atoms with Crippen LogP contribution in [0.15, 0.2) is 54.7 Å². The van der Waals surface area contributed by atoms with E-state index in [0.717, 1.165) is 11.3 Å². The van der Waals surface area contributed by atoms with Crippen molar-refractivity contribution in [2.45, 2.75) is 12.3 Å². The molecule has 0 aliphatic carbocycles. The molecule has 1 aromatic heterocycles. The molecule has 29 heavy (non-hydrogen) atoms. The van der Waals surface area contributed by atoms with Gasteiger partial charge in [0.2, 0.25) is 5.91 Å². The van der Waals surface area contributed by atoms with Crippen LogP contribution in [0.5, 0.6) is 11.5 Å². The fraction of sp³-hybridized carbons (Fsp3) is 0.182. The van der Waals surface area contributed by atoms with Crippen LogP contribution < -0.4 is 14.8 Å². The Morgan fingerprint density at radius 2 is 1.86 bits per heavy atom. The third kappa shape index (κ3) is 3.10. The molecule has 0 radical (unpaired) electrons. The fourth-order valence-electron chi connectivity index (χ4n) is 3.88. The van der Waals surface area contributed by atoms with Gasteiger partial charge in [0, 0.05) is 29.8 Å². The van der Waals surface area contributed by atoms with Gasteiger partial charge >= 0.3 is 5.97 Å². The van der Waals surface area contributed by atoms with Crippen LogP contribution in [0.1, 0.15) is 34.0 Å². The van der Waals surface area contributed by atoms with Crippen molar-refractivity contribution < 1.29 is 24.2 Å². The van der Waals surface area contributed by atoms with E-state index in [4.69, 9.17) is 9.47 Å². The summed E-state index contributed by atoms with van der Waals surface area (Å²) in [6.07, 6.45) is 1.71. The van der Waals surface area contributed by atoms with Crippen molar-refractivity contribution >= 4 is 17.6 Å². The van der Waals surface area contributed by atoms with Gasteiger partial charge in [-0.15, -0.1) is 0 Å². The number of anilines is 1. The quantitative estimate of drug-likeness (QED) is 0.692. The molecule has 0 saturated heterocycles. The number of methoxy groups -OCH3 is 2. The maximum absolute atomic E-state index is 12.5. The monoisotopic (exact) mass is 392 g/mol. The molecule has 1 aliphatic heterocycles. The summed E-state index contributed by atoms with van der Waals surface area (Å²) in [5.74, 6) is -0.681. The molecule has 4 rings (SSSR count). The zero-order chi connectivity index (χ0) is 20.5. The van der Waals surface area contributed by atoms with Crippen molar-refractivity contribution in [3.05, 3.63) is 71.5 Å². The summed E-state index contributed by atoms with van der Waals surface area (Å²) >= 11 is 0. The van der Waals surface area contributed by atoms with E-state index in [1.165, 1.54) is 0 Å². The molecule has 1 amide bonds. The normalized spacial score (nSPS) is 15.4. The molecule has 2 heterocycles. The third-order valence-electron chi connectivity index (χ3n) is 5.10. The van der Waals surface area contributed by atoms with E-state index in [-0.39, 0.29) is 17.9 Å². The summed E-state index contributed by atoms with van der Waals surface area (Å²) < 4.78 is 12.8. The Morgan fingerprint density at radius 1 is 1.10 bits per heavy atom. The van der Waals surface area contributed by atoms with Crippen LogP contribution in [0.4, 0.5) is 5.69 Å². The highest BCUT2D eigenvalue weighted by atomic mass is 16.5. The average Bonchev–Trinajstić information content (AvgIpc) is 3.12. The van der Waals surface area contributed by atoms with Crippen molar-refractivity contribution in [2.24, 2.45) is 0 Å². The molecule has 7 heteroatoms. The lowest BCUT2D eigenvalue weighted by Gasteiger charge is -2.27. The van der Waals surface area contributed by atoms with Crippen LogP contribution in [0.2, 0.25) is 0 Å². The average molecular weight is 392 g/mol. The van der Waals surface area contributed by atoms with Crippen molar-refractivity contribution in [1.82, 2.24) is 4.57 Å². The highest BCUT2D eigenvalue weighted by molar-refractivity contribution is 6.04. The number of nitrogens with one attached hydrogen (secondary N) is 1. The molecular weight excluding hydrogens is 372 g/mol. The summed E-state index contributed by atoms with van der Waals surface area (Å²) in [6, 6.07) is 14.9. The topological polar surface area (TPSA) is 89.8 Å². The highest BCUT2D eigenvalue weighted by Crippen LogP contribution is 2.46. The van der Waals surface area contributed by atoms with E-state index in [0.29, 0.717) is 22.9 Å². The Balaban J connectivity index is 2.00. The van der Waals surface area contributed by atoms with Gasteiger partial charge in [-0.1, -0.05) is 30.3 Å². The van der Waals surface area contributed by atoms with E-state index in [1.807, 2.05) is 47.0 Å². The number of carbonyl (C=O) groups is 2. The van der Waals surface area contributed by atoms with Gasteiger partial charge in [-0.25, -0.2) is 4.79 Å². The van der Waals surface area contributed by atoms with Gasteiger partial charge in [-0.3, -0.25) is 4.79 Å². The first-order valence-electron chi connectivity index (χ1n) is 9.09. The molecule has 2 aromatic carbocycles. The predicted molar refractivity (Wildman–Crippen MR) is 107 cm³/mol. The standard InChI is InChI=1S/C22H20N2O5/c1-28-17-10-6-9-14(21(17)29-2)15-11-18(25)23-19-16(22(26)27)12-24(20(15)19)13-7-4-3-5-8-13/h3-10,12,15H,11H2,1-2H3,(H,23,25)(H,26,27)/t15-/m0/s1. The highest BCUT2D eigenvalue weighted by Gasteiger charge is 2.36. The molecule has 0 fully saturated rings. The Hall–Kier alpha value is -3.74. The van der Waals surface area contributed by atoms with E-state index in [2.05, 4.69) is 5.32 Å². The van der Waals surface area contributed by atoms with Gasteiger partial charge in [0.05, 0.1) is 25.6 Å². The minimum atomic E-state index is -1.10. The van der Waals surface area contributed by atoms with Crippen molar-refractivity contribution in [1.29, 1.82) is 0 Å². The van der Waals surface area contributed by atoms with Crippen molar-refractivity contribution in [2.75, 3.05) is 19.5 Å². The van der Waals surface area contributed by atoms with E-state index < -0.39 is 11.9 Å². The van der Waals surface area contributed by atoms with E-state index in [1.54, 1.807) is 26.5 Å². The molecule has 7 nitrogen and oxygen atoms in total. The number of fused-ring (bicyclic) bond motifs is 1. The SMILES string of the molecule is COc1cccc([C@@H]2CC(=O)Nc3c(C(=O)O)cn(-c4ccccc4)c32)c1OC. The number of hydrogen-bond acceptors (Lipinski definition) is 4. The summed E-state index contributed by atoms with van der Waals surface area (Å²) in [4.78, 5) is 24.4. The second kappa shape index (κ2) is 7.35. The van der Waals surface area contributed by atoms with E-state index >= 15 is 0 Å². The van der Waals surface area contributed by atoms with Gasteiger partial charge in [0.25, 0.3) is 0 Å². The van der Waals surface area contributed by atoms with Crippen LogP contribution in [-0.4, -0.2) is 35.8 Å². The first-order chi connectivity index (χ1) is 14.0. The van der Waals surface area contributed by atoms with Gasteiger partial charge in [0.1, 0.15) is 5.56 Å². The molecule has 0 bridgehead atoms. The molecular formula is C22H20N2O5. The van der Waals surface area contributed by atoms with Crippen LogP contribution in [0.25, 0.3) is 5.69 Å². The second-order valence-electron chi connectivity index (χ2n) is 6.70. The van der Waals surface area contributed by atoms with Crippen molar-refractivity contribution in [3.8, 4) is 17.2 Å². The number of nitrogens with zero attached hydrogens (tertiary/aromatic N) is 1. The molecule has 3 aromatic rings. The van der Waals surface area contributed by atoms with Gasteiger partial charge < -0.3 is 24.5 Å². The molecule has 1 aliphatic rings. The number of carbonyl (C=O) groups excluding carboxylic acids is 1. The Morgan fingerprint density at radius 3 is 2.52 bits per heavy atom. The molecule has 0 spiro atoms. The number of aromatic carboxylic acids is 1. The number of carboxylic acids is 1. The maximum Gasteiger partial charge on any atom is 0.339 e. The minimum absolute atomic E-state index is 0.0452. The summed E-state index contributed by atoms with van der Waals surface area (Å²) in [5.41, 5.74) is 2.62. The first-order valence-corrected chi connectivity index (χ1v) is 9.09. The Bertz CT molecular complexity index is 1090. The van der Waals surface area contributed by atoms with Gasteiger partial charge in [-0.05, 0) is 18.2 Å². The number of carboxylic acid groups (broad SMARTS) is 1. The fourth-order valence-corrected chi connectivity index (χ4v) is 3.88. The van der Waals surface area contributed by atoms with Crippen LogP contribution in [0, 0.1) is 0 Å². The third-order valence-corrected chi connectivity index (χ3v) is 5.10. The number of ether oxygens (including phenoxy) is 2. The van der Waals surface area contributed by atoms with E-state index in [9.17, 15) is 14.7 Å². The van der Waals surface area contributed by atoms with Crippen LogP contribution in [0.3, 0.4) is 0 Å². The molecule has 0 unspecified atom stereocenters. The summed E-state index contributed by atoms with van der Waals surface area (Å²) in [5, 5.41) is 12.5. The summed E-state index contributed by atoms with van der Waals surface area (Å²) in [7, 11) is 3.10. The van der Waals surface area contributed by atoms with Crippen LogP contribution >= 0.6 is 0 Å². The largest absolute Gasteiger partial charge is 0.493 e. The van der Waals surface area contributed by atoms with Crippen molar-refractivity contribution in [3.63, 3.8) is 0 Å².